The number of carbonyl (C=O) groups is 1. The zero-order valence-corrected chi connectivity index (χ0v) is 13.1. The normalized spacial score (nSPS) is 17.3. The van der Waals surface area contributed by atoms with Crippen LogP contribution in [0.4, 0.5) is 0 Å². The van der Waals surface area contributed by atoms with Crippen LogP contribution in [0.3, 0.4) is 0 Å². The first-order chi connectivity index (χ1) is 10.2. The summed E-state index contributed by atoms with van der Waals surface area (Å²) in [5.41, 5.74) is 3.19. The van der Waals surface area contributed by atoms with Crippen molar-refractivity contribution in [2.75, 3.05) is 6.54 Å². The molecule has 0 spiro atoms. The summed E-state index contributed by atoms with van der Waals surface area (Å²) in [5.74, 6) is 0.814. The van der Waals surface area contributed by atoms with Crippen molar-refractivity contribution < 1.29 is 4.79 Å². The van der Waals surface area contributed by atoms with E-state index in [0.29, 0.717) is 6.54 Å². The molecule has 0 unspecified atom stereocenters. The Morgan fingerprint density at radius 1 is 1.48 bits per heavy atom. The maximum absolute atomic E-state index is 12.3. The first-order valence-electron chi connectivity index (χ1n) is 7.51. The number of hydrogen-bond acceptors (Lipinski definition) is 3. The molecule has 2 aromatic heterocycles. The van der Waals surface area contributed by atoms with E-state index in [9.17, 15) is 4.79 Å². The van der Waals surface area contributed by atoms with Gasteiger partial charge in [-0.2, -0.15) is 0 Å². The molecule has 1 aliphatic carbocycles. The van der Waals surface area contributed by atoms with E-state index in [4.69, 9.17) is 0 Å². The van der Waals surface area contributed by atoms with Crippen LogP contribution in [-0.2, 0) is 19.3 Å². The topological polar surface area (TPSA) is 42.0 Å². The maximum atomic E-state index is 12.3. The smallest absolute Gasteiger partial charge is 0.252 e. The zero-order chi connectivity index (χ0) is 14.7. The minimum Gasteiger partial charge on any atom is -0.352 e. The zero-order valence-electron chi connectivity index (χ0n) is 12.3. The largest absolute Gasteiger partial charge is 0.352 e. The second-order valence-corrected chi connectivity index (χ2v) is 6.69. The number of fused-ring (bicyclic) bond motifs is 1. The SMILES string of the molecule is C[C@@H]1CCc2c(C(=O)NCCc3ccccn3)csc2C1. The molecule has 0 saturated carbocycles. The van der Waals surface area contributed by atoms with E-state index in [1.807, 2.05) is 23.6 Å². The number of pyridine rings is 1. The highest BCUT2D eigenvalue weighted by Crippen LogP contribution is 2.32. The fourth-order valence-electron chi connectivity index (χ4n) is 2.81. The van der Waals surface area contributed by atoms with Crippen LogP contribution in [-0.4, -0.2) is 17.4 Å². The van der Waals surface area contributed by atoms with E-state index in [0.717, 1.165) is 36.4 Å². The Bertz CT molecular complexity index is 621. The second kappa shape index (κ2) is 6.39. The monoisotopic (exact) mass is 300 g/mol. The van der Waals surface area contributed by atoms with Crippen LogP contribution in [0.1, 0.15) is 39.8 Å². The van der Waals surface area contributed by atoms with Crippen molar-refractivity contribution in [1.82, 2.24) is 10.3 Å². The molecule has 21 heavy (non-hydrogen) atoms. The average Bonchev–Trinajstić information content (AvgIpc) is 2.91. The number of amides is 1. The predicted molar refractivity (Wildman–Crippen MR) is 85.8 cm³/mol. The van der Waals surface area contributed by atoms with E-state index in [2.05, 4.69) is 17.2 Å². The van der Waals surface area contributed by atoms with Crippen molar-refractivity contribution in [2.45, 2.75) is 32.6 Å². The molecule has 0 radical (unpaired) electrons. The van der Waals surface area contributed by atoms with E-state index < -0.39 is 0 Å². The van der Waals surface area contributed by atoms with E-state index in [1.165, 1.54) is 16.9 Å². The summed E-state index contributed by atoms with van der Waals surface area (Å²) in [6, 6.07) is 5.86. The fourth-order valence-corrected chi connectivity index (χ4v) is 4.06. The van der Waals surface area contributed by atoms with Crippen LogP contribution in [0.5, 0.6) is 0 Å². The first-order valence-corrected chi connectivity index (χ1v) is 8.39. The molecule has 1 atom stereocenters. The lowest BCUT2D eigenvalue weighted by molar-refractivity contribution is 0.0953. The molecule has 1 aliphatic rings. The number of aromatic nitrogens is 1. The minimum atomic E-state index is 0.0676. The van der Waals surface area contributed by atoms with Gasteiger partial charge in [-0.3, -0.25) is 9.78 Å². The Labute approximate surface area is 129 Å². The Morgan fingerprint density at radius 2 is 2.38 bits per heavy atom. The van der Waals surface area contributed by atoms with Gasteiger partial charge >= 0.3 is 0 Å². The molecule has 1 amide bonds. The van der Waals surface area contributed by atoms with Gasteiger partial charge in [0, 0.05) is 35.1 Å². The van der Waals surface area contributed by atoms with Crippen LogP contribution >= 0.6 is 11.3 Å². The van der Waals surface area contributed by atoms with Gasteiger partial charge in [0.05, 0.1) is 5.56 Å². The highest BCUT2D eigenvalue weighted by atomic mass is 32.1. The molecule has 1 N–H and O–H groups in total. The third-order valence-electron chi connectivity index (χ3n) is 4.04. The summed E-state index contributed by atoms with van der Waals surface area (Å²) in [6.07, 6.45) is 5.92. The summed E-state index contributed by atoms with van der Waals surface area (Å²) >= 11 is 1.74. The lowest BCUT2D eigenvalue weighted by Gasteiger charge is -2.18. The van der Waals surface area contributed by atoms with Crippen molar-refractivity contribution in [2.24, 2.45) is 5.92 Å². The van der Waals surface area contributed by atoms with Gasteiger partial charge in [-0.25, -0.2) is 0 Å². The van der Waals surface area contributed by atoms with Crippen molar-refractivity contribution in [3.63, 3.8) is 0 Å². The summed E-state index contributed by atoms with van der Waals surface area (Å²) < 4.78 is 0. The Morgan fingerprint density at radius 3 is 3.19 bits per heavy atom. The molecule has 2 aromatic rings. The third kappa shape index (κ3) is 3.32. The predicted octanol–water partition coefficient (Wildman–Crippen LogP) is 3.24. The maximum Gasteiger partial charge on any atom is 0.252 e. The number of carbonyl (C=O) groups excluding carboxylic acids is 1. The standard InChI is InChI=1S/C17H20N2OS/c1-12-5-6-14-15(11-21-16(14)10-12)17(20)19-9-7-13-4-2-3-8-18-13/h2-4,8,11-12H,5-7,9-10H2,1H3,(H,19,20)/t12-/m1/s1. The van der Waals surface area contributed by atoms with Gasteiger partial charge in [0.1, 0.15) is 0 Å². The van der Waals surface area contributed by atoms with Crippen LogP contribution in [0, 0.1) is 5.92 Å². The number of hydrogen-bond donors (Lipinski definition) is 1. The van der Waals surface area contributed by atoms with Gasteiger partial charge in [-0.1, -0.05) is 13.0 Å². The molecule has 0 bridgehead atoms. The molecule has 0 aromatic carbocycles. The second-order valence-electron chi connectivity index (χ2n) is 5.73. The van der Waals surface area contributed by atoms with Gasteiger partial charge in [0.25, 0.3) is 5.91 Å². The number of thiophene rings is 1. The number of nitrogens with one attached hydrogen (secondary N) is 1. The molecule has 110 valence electrons. The first kappa shape index (κ1) is 14.3. The van der Waals surface area contributed by atoms with E-state index in [-0.39, 0.29) is 5.91 Å². The van der Waals surface area contributed by atoms with Crippen LogP contribution < -0.4 is 5.32 Å². The molecule has 3 rings (SSSR count). The molecule has 0 fully saturated rings. The Hall–Kier alpha value is -1.68. The number of nitrogens with zero attached hydrogens (tertiary/aromatic N) is 1. The molecular formula is C17H20N2OS. The minimum absolute atomic E-state index is 0.0676. The van der Waals surface area contributed by atoms with Crippen molar-refractivity contribution in [1.29, 1.82) is 0 Å². The highest BCUT2D eigenvalue weighted by Gasteiger charge is 2.22. The summed E-state index contributed by atoms with van der Waals surface area (Å²) in [7, 11) is 0. The van der Waals surface area contributed by atoms with Gasteiger partial charge in [-0.15, -0.1) is 11.3 Å². The van der Waals surface area contributed by atoms with Crippen LogP contribution in [0.2, 0.25) is 0 Å². The molecule has 4 heteroatoms. The van der Waals surface area contributed by atoms with Gasteiger partial charge in [0.2, 0.25) is 0 Å². The van der Waals surface area contributed by atoms with Crippen LogP contribution in [0.15, 0.2) is 29.8 Å². The molecule has 3 nitrogen and oxygen atoms in total. The Balaban J connectivity index is 1.59. The van der Waals surface area contributed by atoms with E-state index >= 15 is 0 Å². The van der Waals surface area contributed by atoms with Crippen LogP contribution in [0.25, 0.3) is 0 Å². The molecule has 0 saturated heterocycles. The van der Waals surface area contributed by atoms with Crippen molar-refractivity contribution in [3.05, 3.63) is 51.5 Å². The third-order valence-corrected chi connectivity index (χ3v) is 5.09. The lowest BCUT2D eigenvalue weighted by atomic mass is 9.88. The fraction of sp³-hybridized carbons (Fsp3) is 0.412. The van der Waals surface area contributed by atoms with Gasteiger partial charge < -0.3 is 5.32 Å². The quantitative estimate of drug-likeness (QED) is 0.942. The van der Waals surface area contributed by atoms with Gasteiger partial charge in [0.15, 0.2) is 0 Å². The number of rotatable bonds is 4. The highest BCUT2D eigenvalue weighted by molar-refractivity contribution is 7.10. The summed E-state index contributed by atoms with van der Waals surface area (Å²) in [4.78, 5) is 18.0. The Kier molecular flexibility index (Phi) is 4.34. The summed E-state index contributed by atoms with van der Waals surface area (Å²) in [6.45, 7) is 2.92. The lowest BCUT2D eigenvalue weighted by Crippen LogP contribution is -2.27. The van der Waals surface area contributed by atoms with Crippen molar-refractivity contribution in [3.8, 4) is 0 Å². The van der Waals surface area contributed by atoms with Gasteiger partial charge in [-0.05, 0) is 42.9 Å². The summed E-state index contributed by atoms with van der Waals surface area (Å²) in [5, 5.41) is 5.05. The van der Waals surface area contributed by atoms with E-state index in [1.54, 1.807) is 17.5 Å². The molecule has 0 aliphatic heterocycles. The average molecular weight is 300 g/mol. The van der Waals surface area contributed by atoms with Crippen molar-refractivity contribution >= 4 is 17.2 Å². The molecule has 2 heterocycles. The molecular weight excluding hydrogens is 280 g/mol.